The summed E-state index contributed by atoms with van der Waals surface area (Å²) in [5.74, 6) is -0.795. The molecule has 9 heteroatoms. The third-order valence-corrected chi connectivity index (χ3v) is 5.97. The smallest absolute Gasteiger partial charge is 0.416 e. The van der Waals surface area contributed by atoms with E-state index in [1.54, 1.807) is 12.1 Å². The summed E-state index contributed by atoms with van der Waals surface area (Å²) in [6.45, 7) is 1.36. The highest BCUT2D eigenvalue weighted by Gasteiger charge is 2.30. The van der Waals surface area contributed by atoms with Crippen LogP contribution in [0.15, 0.2) is 48.5 Å². The van der Waals surface area contributed by atoms with E-state index in [0.717, 1.165) is 28.7 Å². The van der Waals surface area contributed by atoms with Crippen LogP contribution in [0.25, 0.3) is 10.9 Å². The Morgan fingerprint density at radius 1 is 1.12 bits per heavy atom. The summed E-state index contributed by atoms with van der Waals surface area (Å²) in [4.78, 5) is 29.7. The lowest BCUT2D eigenvalue weighted by molar-refractivity contribution is -0.137. The highest BCUT2D eigenvalue weighted by atomic mass is 19.4. The van der Waals surface area contributed by atoms with Gasteiger partial charge in [0.15, 0.2) is 0 Å². The summed E-state index contributed by atoms with van der Waals surface area (Å²) >= 11 is 0. The SMILES string of the molecule is COC(=O)c1cc2c(N3CCC(C(=O)NCc4cccc(C(F)(F)F)c4)CC3)cccc2[nH]1. The van der Waals surface area contributed by atoms with Crippen LogP contribution in [-0.4, -0.2) is 37.1 Å². The van der Waals surface area contributed by atoms with Gasteiger partial charge in [0.2, 0.25) is 5.91 Å². The van der Waals surface area contributed by atoms with Crippen LogP contribution in [-0.2, 0) is 22.3 Å². The van der Waals surface area contributed by atoms with Crippen LogP contribution < -0.4 is 10.2 Å². The number of halogens is 3. The topological polar surface area (TPSA) is 74.4 Å². The van der Waals surface area contributed by atoms with Crippen molar-refractivity contribution in [3.63, 3.8) is 0 Å². The number of aromatic nitrogens is 1. The molecule has 4 rings (SSSR count). The molecular weight excluding hydrogens is 435 g/mol. The minimum Gasteiger partial charge on any atom is -0.464 e. The number of aromatic amines is 1. The number of nitrogens with zero attached hydrogens (tertiary/aromatic N) is 1. The number of rotatable bonds is 5. The van der Waals surface area contributed by atoms with Crippen molar-refractivity contribution in [3.8, 4) is 0 Å². The Kier molecular flexibility index (Phi) is 6.31. The number of anilines is 1. The van der Waals surface area contributed by atoms with Gasteiger partial charge in [-0.15, -0.1) is 0 Å². The molecule has 0 radical (unpaired) electrons. The number of esters is 1. The van der Waals surface area contributed by atoms with Crippen molar-refractivity contribution in [1.82, 2.24) is 10.3 Å². The molecule has 174 valence electrons. The van der Waals surface area contributed by atoms with Gasteiger partial charge in [-0.1, -0.05) is 18.2 Å². The Labute approximate surface area is 188 Å². The number of nitrogens with one attached hydrogen (secondary N) is 2. The molecule has 1 aromatic heterocycles. The minimum atomic E-state index is -4.41. The van der Waals surface area contributed by atoms with Crippen LogP contribution in [0.5, 0.6) is 0 Å². The third-order valence-electron chi connectivity index (χ3n) is 5.97. The number of H-pyrrole nitrogens is 1. The second kappa shape index (κ2) is 9.17. The van der Waals surface area contributed by atoms with Crippen molar-refractivity contribution in [2.45, 2.75) is 25.6 Å². The number of amides is 1. The lowest BCUT2D eigenvalue weighted by Crippen LogP contribution is -2.40. The van der Waals surface area contributed by atoms with E-state index in [-0.39, 0.29) is 18.4 Å². The van der Waals surface area contributed by atoms with Gasteiger partial charge in [0.05, 0.1) is 12.7 Å². The van der Waals surface area contributed by atoms with Crippen molar-refractivity contribution < 1.29 is 27.5 Å². The Bertz CT molecular complexity index is 1160. The zero-order chi connectivity index (χ0) is 23.6. The Morgan fingerprint density at radius 2 is 1.85 bits per heavy atom. The fourth-order valence-corrected chi connectivity index (χ4v) is 4.21. The van der Waals surface area contributed by atoms with Gasteiger partial charge >= 0.3 is 12.1 Å². The quantitative estimate of drug-likeness (QED) is 0.551. The zero-order valence-electron chi connectivity index (χ0n) is 18.0. The number of piperidine rings is 1. The summed E-state index contributed by atoms with van der Waals surface area (Å²) in [5.41, 5.74) is 1.87. The largest absolute Gasteiger partial charge is 0.464 e. The highest BCUT2D eigenvalue weighted by Crippen LogP contribution is 2.32. The molecule has 1 saturated heterocycles. The summed E-state index contributed by atoms with van der Waals surface area (Å²) in [5, 5.41) is 3.68. The van der Waals surface area contributed by atoms with Gasteiger partial charge in [0.1, 0.15) is 5.69 Å². The van der Waals surface area contributed by atoms with Gasteiger partial charge in [0.25, 0.3) is 0 Å². The predicted octanol–water partition coefficient (Wildman–Crippen LogP) is 4.51. The van der Waals surface area contributed by atoms with Gasteiger partial charge in [0, 0.05) is 42.1 Å². The molecule has 0 spiro atoms. The van der Waals surface area contributed by atoms with E-state index in [1.807, 2.05) is 18.2 Å². The molecule has 3 aromatic rings. The van der Waals surface area contributed by atoms with Gasteiger partial charge in [-0.25, -0.2) is 4.79 Å². The van der Waals surface area contributed by atoms with E-state index < -0.39 is 17.7 Å². The molecule has 0 aliphatic carbocycles. The predicted molar refractivity (Wildman–Crippen MR) is 118 cm³/mol. The average molecular weight is 459 g/mol. The zero-order valence-corrected chi connectivity index (χ0v) is 18.0. The summed E-state index contributed by atoms with van der Waals surface area (Å²) in [6.07, 6.45) is -3.16. The molecule has 6 nitrogen and oxygen atoms in total. The molecule has 0 bridgehead atoms. The molecule has 0 saturated carbocycles. The van der Waals surface area contributed by atoms with E-state index in [9.17, 15) is 22.8 Å². The van der Waals surface area contributed by atoms with Crippen LogP contribution in [0, 0.1) is 5.92 Å². The Morgan fingerprint density at radius 3 is 2.55 bits per heavy atom. The normalized spacial score (nSPS) is 15.0. The molecule has 0 atom stereocenters. The minimum absolute atomic E-state index is 0.0575. The number of fused-ring (bicyclic) bond motifs is 1. The summed E-state index contributed by atoms with van der Waals surface area (Å²) in [7, 11) is 1.33. The average Bonchev–Trinajstić information content (AvgIpc) is 3.26. The van der Waals surface area contributed by atoms with Gasteiger partial charge < -0.3 is 19.9 Å². The van der Waals surface area contributed by atoms with E-state index in [0.29, 0.717) is 37.2 Å². The van der Waals surface area contributed by atoms with E-state index in [4.69, 9.17) is 4.74 Å². The number of ether oxygens (including phenoxy) is 1. The van der Waals surface area contributed by atoms with Crippen LogP contribution >= 0.6 is 0 Å². The van der Waals surface area contributed by atoms with Crippen LogP contribution in [0.1, 0.15) is 34.5 Å². The second-order valence-electron chi connectivity index (χ2n) is 8.09. The third kappa shape index (κ3) is 4.97. The molecule has 0 unspecified atom stereocenters. The molecule has 2 aromatic carbocycles. The standard InChI is InChI=1S/C24H24F3N3O3/c1-33-23(32)20-13-18-19(29-20)6-3-7-21(18)30-10-8-16(9-11-30)22(31)28-14-15-4-2-5-17(12-15)24(25,26)27/h2-7,12-13,16,29H,8-11,14H2,1H3,(H,28,31). The first-order valence-electron chi connectivity index (χ1n) is 10.6. The van der Waals surface area contributed by atoms with Crippen molar-refractivity contribution >= 4 is 28.5 Å². The van der Waals surface area contributed by atoms with Crippen molar-refractivity contribution in [2.75, 3.05) is 25.1 Å². The van der Waals surface area contributed by atoms with Gasteiger partial charge in [-0.3, -0.25) is 4.79 Å². The molecular formula is C24H24F3N3O3. The molecule has 2 heterocycles. The molecule has 1 aliphatic heterocycles. The van der Waals surface area contributed by atoms with E-state index >= 15 is 0 Å². The van der Waals surface area contributed by atoms with Crippen LogP contribution in [0.4, 0.5) is 18.9 Å². The fraction of sp³-hybridized carbons (Fsp3) is 0.333. The number of hydrogen-bond acceptors (Lipinski definition) is 4. The van der Waals surface area contributed by atoms with Crippen molar-refractivity contribution in [2.24, 2.45) is 5.92 Å². The van der Waals surface area contributed by atoms with E-state index in [2.05, 4.69) is 15.2 Å². The first-order chi connectivity index (χ1) is 15.8. The summed E-state index contributed by atoms with van der Waals surface area (Å²) < 4.78 is 43.4. The fourth-order valence-electron chi connectivity index (χ4n) is 4.21. The second-order valence-corrected chi connectivity index (χ2v) is 8.09. The van der Waals surface area contributed by atoms with Crippen molar-refractivity contribution in [1.29, 1.82) is 0 Å². The van der Waals surface area contributed by atoms with Crippen molar-refractivity contribution in [3.05, 3.63) is 65.4 Å². The van der Waals surface area contributed by atoms with Gasteiger partial charge in [-0.2, -0.15) is 13.2 Å². The molecule has 1 aliphatic rings. The van der Waals surface area contributed by atoms with Crippen LogP contribution in [0.3, 0.4) is 0 Å². The summed E-state index contributed by atoms with van der Waals surface area (Å²) in [6, 6.07) is 12.5. The molecule has 33 heavy (non-hydrogen) atoms. The maximum Gasteiger partial charge on any atom is 0.416 e. The Hall–Kier alpha value is -3.49. The number of carbonyl (C=O) groups excluding carboxylic acids is 2. The highest BCUT2D eigenvalue weighted by molar-refractivity contribution is 6.00. The maximum atomic E-state index is 12.9. The number of methoxy groups -OCH3 is 1. The number of benzene rings is 2. The first-order valence-corrected chi connectivity index (χ1v) is 10.6. The first kappa shape index (κ1) is 22.7. The molecule has 1 fully saturated rings. The molecule has 1 amide bonds. The lowest BCUT2D eigenvalue weighted by Gasteiger charge is -2.33. The number of carbonyl (C=O) groups is 2. The lowest BCUT2D eigenvalue weighted by atomic mass is 9.95. The molecule has 2 N–H and O–H groups in total. The Balaban J connectivity index is 1.37. The monoisotopic (exact) mass is 459 g/mol. The number of hydrogen-bond donors (Lipinski definition) is 2. The van der Waals surface area contributed by atoms with Gasteiger partial charge in [-0.05, 0) is 48.7 Å². The van der Waals surface area contributed by atoms with E-state index in [1.165, 1.54) is 13.2 Å². The van der Waals surface area contributed by atoms with Crippen LogP contribution in [0.2, 0.25) is 0 Å². The maximum absolute atomic E-state index is 12.9. The number of alkyl halides is 3.